The zero-order chi connectivity index (χ0) is 22.6. The van der Waals surface area contributed by atoms with Gasteiger partial charge in [-0.1, -0.05) is 63.2 Å². The average Bonchev–Trinajstić information content (AvgIpc) is 2.77. The molecule has 6 nitrogen and oxygen atoms in total. The maximum absolute atomic E-state index is 13.0. The van der Waals surface area contributed by atoms with Crippen molar-refractivity contribution >= 4 is 15.9 Å². The van der Waals surface area contributed by atoms with Crippen LogP contribution in [0.5, 0.6) is 0 Å². The van der Waals surface area contributed by atoms with Gasteiger partial charge in [-0.3, -0.25) is 4.79 Å². The van der Waals surface area contributed by atoms with Crippen LogP contribution in [0.1, 0.15) is 50.8 Å². The second kappa shape index (κ2) is 9.21. The van der Waals surface area contributed by atoms with Crippen LogP contribution in [-0.2, 0) is 14.8 Å². The highest BCUT2D eigenvalue weighted by Crippen LogP contribution is 2.34. The zero-order valence-corrected chi connectivity index (χ0v) is 19.0. The lowest BCUT2D eigenvalue weighted by molar-refractivity contribution is -0.127. The smallest absolute Gasteiger partial charge is 0.244 e. The molecule has 0 spiro atoms. The first-order chi connectivity index (χ1) is 14.6. The van der Waals surface area contributed by atoms with E-state index in [2.05, 4.69) is 26.1 Å². The normalized spacial score (nSPS) is 17.0. The van der Waals surface area contributed by atoms with Crippen molar-refractivity contribution in [2.75, 3.05) is 13.1 Å². The molecule has 1 amide bonds. The summed E-state index contributed by atoms with van der Waals surface area (Å²) in [6.45, 7) is 6.78. The van der Waals surface area contributed by atoms with Crippen LogP contribution in [0.3, 0.4) is 0 Å². The number of carbonyl (C=O) groups is 1. The van der Waals surface area contributed by atoms with Gasteiger partial charge in [0.15, 0.2) is 0 Å². The summed E-state index contributed by atoms with van der Waals surface area (Å²) in [4.78, 5) is 13.1. The van der Waals surface area contributed by atoms with Gasteiger partial charge in [0, 0.05) is 19.0 Å². The fourth-order valence-corrected chi connectivity index (χ4v) is 5.60. The minimum absolute atomic E-state index is 0.0253. The Kier molecular flexibility index (Phi) is 6.83. The molecular formula is C24H29N3O3S. The van der Waals surface area contributed by atoms with Gasteiger partial charge < -0.3 is 5.32 Å². The number of hydrogen-bond donors (Lipinski definition) is 1. The second-order valence-corrected chi connectivity index (χ2v) is 10.9. The molecule has 7 heteroatoms. The Labute approximate surface area is 184 Å². The Bertz CT molecular complexity index is 1060. The molecular weight excluding hydrogens is 410 g/mol. The minimum atomic E-state index is -3.76. The molecule has 0 radical (unpaired) electrons. The van der Waals surface area contributed by atoms with Crippen molar-refractivity contribution in [2.45, 2.75) is 44.6 Å². The van der Waals surface area contributed by atoms with E-state index in [9.17, 15) is 18.5 Å². The van der Waals surface area contributed by atoms with Crippen molar-refractivity contribution in [3.8, 4) is 6.07 Å². The molecule has 1 saturated heterocycles. The summed E-state index contributed by atoms with van der Waals surface area (Å²) in [5, 5.41) is 12.4. The number of sulfonamides is 1. The first-order valence-corrected chi connectivity index (χ1v) is 11.9. The quantitative estimate of drug-likeness (QED) is 0.766. The molecule has 1 aliphatic heterocycles. The van der Waals surface area contributed by atoms with Crippen molar-refractivity contribution in [1.82, 2.24) is 9.62 Å². The number of benzene rings is 2. The Morgan fingerprint density at radius 1 is 1.06 bits per heavy atom. The fraction of sp³-hybridized carbons (Fsp3) is 0.417. The fourth-order valence-electron chi connectivity index (χ4n) is 3.99. The van der Waals surface area contributed by atoms with E-state index in [1.807, 2.05) is 36.4 Å². The molecule has 1 N–H and O–H groups in total. The topological polar surface area (TPSA) is 90.3 Å². The van der Waals surface area contributed by atoms with Crippen LogP contribution in [0.15, 0.2) is 59.5 Å². The lowest BCUT2D eigenvalue weighted by Gasteiger charge is -2.35. The zero-order valence-electron chi connectivity index (χ0n) is 18.2. The van der Waals surface area contributed by atoms with Gasteiger partial charge in [-0.2, -0.15) is 9.57 Å². The third-order valence-corrected chi connectivity index (χ3v) is 7.69. The number of nitrogens with one attached hydrogen (secondary N) is 1. The summed E-state index contributed by atoms with van der Waals surface area (Å²) in [6, 6.07) is 17.9. The molecule has 164 valence electrons. The van der Waals surface area contributed by atoms with E-state index in [0.29, 0.717) is 12.8 Å². The van der Waals surface area contributed by atoms with Crippen LogP contribution in [0.4, 0.5) is 0 Å². The molecule has 2 aromatic rings. The number of rotatable bonds is 5. The van der Waals surface area contributed by atoms with E-state index in [4.69, 9.17) is 0 Å². The summed E-state index contributed by atoms with van der Waals surface area (Å²) >= 11 is 0. The van der Waals surface area contributed by atoms with Crippen LogP contribution in [0.25, 0.3) is 0 Å². The van der Waals surface area contributed by atoms with E-state index in [0.717, 1.165) is 5.56 Å². The van der Waals surface area contributed by atoms with Crippen molar-refractivity contribution in [1.29, 1.82) is 5.26 Å². The monoisotopic (exact) mass is 439 g/mol. The van der Waals surface area contributed by atoms with Crippen molar-refractivity contribution < 1.29 is 13.2 Å². The summed E-state index contributed by atoms with van der Waals surface area (Å²) in [5.74, 6) is -0.288. The average molecular weight is 440 g/mol. The predicted octanol–water partition coefficient (Wildman–Crippen LogP) is 3.86. The Morgan fingerprint density at radius 3 is 2.23 bits per heavy atom. The molecule has 3 rings (SSSR count). The molecule has 0 saturated carbocycles. The Balaban J connectivity index is 1.69. The number of piperidine rings is 1. The molecule has 2 aromatic carbocycles. The van der Waals surface area contributed by atoms with Crippen LogP contribution in [0.2, 0.25) is 0 Å². The molecule has 0 aromatic heterocycles. The van der Waals surface area contributed by atoms with Gasteiger partial charge in [0.2, 0.25) is 15.9 Å². The maximum Gasteiger partial charge on any atom is 0.244 e. The predicted molar refractivity (Wildman–Crippen MR) is 119 cm³/mol. The second-order valence-electron chi connectivity index (χ2n) is 9.00. The van der Waals surface area contributed by atoms with Crippen molar-refractivity contribution in [3.05, 3.63) is 65.7 Å². The lowest BCUT2D eigenvalue weighted by Crippen LogP contribution is -2.45. The molecule has 0 aliphatic carbocycles. The number of nitriles is 1. The van der Waals surface area contributed by atoms with Gasteiger partial charge >= 0.3 is 0 Å². The maximum atomic E-state index is 13.0. The Morgan fingerprint density at radius 2 is 1.65 bits per heavy atom. The summed E-state index contributed by atoms with van der Waals surface area (Å²) in [7, 11) is -3.76. The van der Waals surface area contributed by atoms with Gasteiger partial charge in [0.05, 0.1) is 16.5 Å². The highest BCUT2D eigenvalue weighted by Gasteiger charge is 2.35. The van der Waals surface area contributed by atoms with Crippen molar-refractivity contribution in [2.24, 2.45) is 11.3 Å². The first-order valence-electron chi connectivity index (χ1n) is 10.5. The van der Waals surface area contributed by atoms with Crippen LogP contribution < -0.4 is 5.32 Å². The van der Waals surface area contributed by atoms with Crippen LogP contribution >= 0.6 is 0 Å². The third kappa shape index (κ3) is 5.15. The number of amides is 1. The number of carbonyl (C=O) groups excluding carboxylic acids is 1. The lowest BCUT2D eigenvalue weighted by atomic mass is 9.81. The third-order valence-electron chi connectivity index (χ3n) is 5.74. The highest BCUT2D eigenvalue weighted by atomic mass is 32.2. The van der Waals surface area contributed by atoms with Crippen LogP contribution in [-0.4, -0.2) is 31.7 Å². The molecule has 0 bridgehead atoms. The van der Waals surface area contributed by atoms with Crippen molar-refractivity contribution in [3.63, 3.8) is 0 Å². The molecule has 1 heterocycles. The van der Waals surface area contributed by atoms with Gasteiger partial charge in [-0.25, -0.2) is 8.42 Å². The van der Waals surface area contributed by atoms with E-state index in [1.54, 1.807) is 12.1 Å². The van der Waals surface area contributed by atoms with E-state index in [1.165, 1.54) is 16.4 Å². The van der Waals surface area contributed by atoms with Gasteiger partial charge in [-0.05, 0) is 36.0 Å². The van der Waals surface area contributed by atoms with E-state index < -0.39 is 10.0 Å². The SMILES string of the molecule is CC(C)(C)C(NC(=O)C1CCN(S(=O)(=O)c2ccccc2C#N)CC1)c1ccccc1. The molecule has 1 fully saturated rings. The Hall–Kier alpha value is -2.69. The molecule has 31 heavy (non-hydrogen) atoms. The summed E-state index contributed by atoms with van der Waals surface area (Å²) in [6.07, 6.45) is 0.900. The largest absolute Gasteiger partial charge is 0.349 e. The van der Waals surface area contributed by atoms with Crippen LogP contribution in [0, 0.1) is 22.7 Å². The molecule has 1 aliphatic rings. The summed E-state index contributed by atoms with van der Waals surface area (Å²) < 4.78 is 27.4. The van der Waals surface area contributed by atoms with E-state index in [-0.39, 0.29) is 46.8 Å². The summed E-state index contributed by atoms with van der Waals surface area (Å²) in [5.41, 5.74) is 1.02. The van der Waals surface area contributed by atoms with E-state index >= 15 is 0 Å². The first kappa shape index (κ1) is 23.0. The molecule has 1 unspecified atom stereocenters. The standard InChI is InChI=1S/C24H29N3O3S/c1-24(2,3)22(18-9-5-4-6-10-18)26-23(28)19-13-15-27(16-14-19)31(29,30)21-12-8-7-11-20(21)17-25/h4-12,19,22H,13-16H2,1-3H3,(H,26,28). The molecule has 1 atom stereocenters. The van der Waals surface area contributed by atoms with Gasteiger partial charge in [0.25, 0.3) is 0 Å². The highest BCUT2D eigenvalue weighted by molar-refractivity contribution is 7.89. The van der Waals surface area contributed by atoms with Gasteiger partial charge in [0.1, 0.15) is 6.07 Å². The number of hydrogen-bond acceptors (Lipinski definition) is 4. The number of nitrogens with zero attached hydrogens (tertiary/aromatic N) is 2. The minimum Gasteiger partial charge on any atom is -0.349 e. The van der Waals surface area contributed by atoms with Gasteiger partial charge in [-0.15, -0.1) is 0 Å².